The molecule has 0 saturated heterocycles. The Hall–Kier alpha value is -2.28. The van der Waals surface area contributed by atoms with Crippen molar-refractivity contribution in [3.63, 3.8) is 0 Å². The van der Waals surface area contributed by atoms with Crippen LogP contribution >= 0.6 is 0 Å². The van der Waals surface area contributed by atoms with Crippen LogP contribution in [0.25, 0.3) is 0 Å². The number of nitrogens with zero attached hydrogens (tertiary/aromatic N) is 1. The number of hydrogen-bond acceptors (Lipinski definition) is 5. The number of carbonyl (C=O) groups is 2. The molecule has 0 aromatic heterocycles. The maximum absolute atomic E-state index is 12.6. The van der Waals surface area contributed by atoms with Crippen molar-refractivity contribution < 1.29 is 28.9 Å². The summed E-state index contributed by atoms with van der Waals surface area (Å²) in [4.78, 5) is 25.7. The molecule has 1 unspecified atom stereocenters. The summed E-state index contributed by atoms with van der Waals surface area (Å²) in [5.41, 5.74) is 0.870. The van der Waals surface area contributed by atoms with E-state index in [-0.39, 0.29) is 6.09 Å². The van der Waals surface area contributed by atoms with E-state index in [4.69, 9.17) is 14.2 Å². The van der Waals surface area contributed by atoms with Gasteiger partial charge in [-0.1, -0.05) is 58.1 Å². The minimum Gasteiger partial charge on any atom is -0.492 e. The number of hydrogen-bond donors (Lipinski definition) is 1. The van der Waals surface area contributed by atoms with Crippen molar-refractivity contribution in [2.24, 2.45) is 11.8 Å². The summed E-state index contributed by atoms with van der Waals surface area (Å²) >= 11 is 0. The SMILES string of the molecule is CCOC(Cc1ccc(OCCN(CCCC2CCCCC2)C(=O)OCC(C)C)cc1)C(=O)O. The van der Waals surface area contributed by atoms with Crippen molar-refractivity contribution in [3.05, 3.63) is 29.8 Å². The maximum Gasteiger partial charge on any atom is 0.409 e. The lowest BCUT2D eigenvalue weighted by Gasteiger charge is -2.25. The van der Waals surface area contributed by atoms with E-state index in [0.29, 0.717) is 51.0 Å². The van der Waals surface area contributed by atoms with Gasteiger partial charge in [-0.25, -0.2) is 9.59 Å². The Labute approximate surface area is 204 Å². The van der Waals surface area contributed by atoms with Gasteiger partial charge in [-0.2, -0.15) is 0 Å². The highest BCUT2D eigenvalue weighted by molar-refractivity contribution is 5.72. The van der Waals surface area contributed by atoms with Crippen LogP contribution < -0.4 is 4.74 Å². The summed E-state index contributed by atoms with van der Waals surface area (Å²) in [7, 11) is 0. The minimum absolute atomic E-state index is 0.271. The molecule has 2 rings (SSSR count). The molecule has 0 aliphatic heterocycles. The van der Waals surface area contributed by atoms with Gasteiger partial charge < -0.3 is 24.2 Å². The third kappa shape index (κ3) is 10.8. The zero-order valence-electron chi connectivity index (χ0n) is 21.2. The summed E-state index contributed by atoms with van der Waals surface area (Å²) in [6.07, 6.45) is 7.98. The number of aliphatic carboxylic acids is 1. The van der Waals surface area contributed by atoms with Crippen molar-refractivity contribution in [2.45, 2.75) is 78.2 Å². The molecule has 7 heteroatoms. The van der Waals surface area contributed by atoms with Crippen molar-refractivity contribution in [1.82, 2.24) is 4.90 Å². The fraction of sp³-hybridized carbons (Fsp3) is 0.704. The lowest BCUT2D eigenvalue weighted by molar-refractivity contribution is -0.149. The highest BCUT2D eigenvalue weighted by Gasteiger charge is 2.19. The first kappa shape index (κ1) is 28.0. The average molecular weight is 478 g/mol. The van der Waals surface area contributed by atoms with E-state index in [2.05, 4.69) is 0 Å². The summed E-state index contributed by atoms with van der Waals surface area (Å²) in [5.74, 6) is 0.812. The second-order valence-corrected chi connectivity index (χ2v) is 9.58. The van der Waals surface area contributed by atoms with Crippen molar-refractivity contribution >= 4 is 12.1 Å². The fourth-order valence-electron chi connectivity index (χ4n) is 4.30. The Balaban J connectivity index is 1.82. The van der Waals surface area contributed by atoms with Crippen LogP contribution in [0.2, 0.25) is 0 Å². The van der Waals surface area contributed by atoms with Gasteiger partial charge in [0.15, 0.2) is 6.10 Å². The van der Waals surface area contributed by atoms with Crippen LogP contribution in [-0.2, 0) is 20.7 Å². The topological polar surface area (TPSA) is 85.3 Å². The molecule has 1 fully saturated rings. The molecule has 0 spiro atoms. The predicted molar refractivity (Wildman–Crippen MR) is 132 cm³/mol. The Morgan fingerprint density at radius 1 is 1.09 bits per heavy atom. The molecule has 1 aromatic carbocycles. The lowest BCUT2D eigenvalue weighted by Crippen LogP contribution is -2.36. The predicted octanol–water partition coefficient (Wildman–Crippen LogP) is 5.55. The van der Waals surface area contributed by atoms with Crippen LogP contribution in [-0.4, -0.2) is 61.1 Å². The van der Waals surface area contributed by atoms with E-state index < -0.39 is 12.1 Å². The quantitative estimate of drug-likeness (QED) is 0.356. The molecule has 34 heavy (non-hydrogen) atoms. The van der Waals surface area contributed by atoms with Gasteiger partial charge >= 0.3 is 12.1 Å². The van der Waals surface area contributed by atoms with E-state index in [1.54, 1.807) is 11.8 Å². The number of ether oxygens (including phenoxy) is 3. The van der Waals surface area contributed by atoms with Gasteiger partial charge in [0.2, 0.25) is 0 Å². The number of amides is 1. The lowest BCUT2D eigenvalue weighted by atomic mass is 9.86. The molecule has 192 valence electrons. The molecular formula is C27H43NO6. The monoisotopic (exact) mass is 477 g/mol. The molecule has 0 radical (unpaired) electrons. The van der Waals surface area contributed by atoms with E-state index in [1.807, 2.05) is 38.1 Å². The first-order valence-electron chi connectivity index (χ1n) is 12.9. The summed E-state index contributed by atoms with van der Waals surface area (Å²) in [6.45, 7) is 8.13. The van der Waals surface area contributed by atoms with Gasteiger partial charge in [-0.3, -0.25) is 0 Å². The van der Waals surface area contributed by atoms with Crippen molar-refractivity contribution in [2.75, 3.05) is 32.9 Å². The second kappa shape index (κ2) is 15.6. The normalized spacial score (nSPS) is 15.2. The van der Waals surface area contributed by atoms with E-state index in [9.17, 15) is 14.7 Å². The van der Waals surface area contributed by atoms with Crippen LogP contribution in [0.4, 0.5) is 4.79 Å². The fourth-order valence-corrected chi connectivity index (χ4v) is 4.30. The molecule has 1 aliphatic rings. The highest BCUT2D eigenvalue weighted by Crippen LogP contribution is 2.27. The van der Waals surface area contributed by atoms with E-state index in [0.717, 1.165) is 24.3 Å². The smallest absolute Gasteiger partial charge is 0.409 e. The first-order valence-corrected chi connectivity index (χ1v) is 12.9. The third-order valence-corrected chi connectivity index (χ3v) is 6.18. The first-order chi connectivity index (χ1) is 16.4. The minimum atomic E-state index is -0.963. The molecule has 1 N–H and O–H groups in total. The van der Waals surface area contributed by atoms with Gasteiger partial charge in [-0.15, -0.1) is 0 Å². The molecule has 1 saturated carbocycles. The van der Waals surface area contributed by atoms with Gasteiger partial charge in [0, 0.05) is 19.6 Å². The molecule has 1 amide bonds. The summed E-state index contributed by atoms with van der Waals surface area (Å²) < 4.78 is 16.6. The number of carboxylic acids is 1. The van der Waals surface area contributed by atoms with Crippen LogP contribution in [0.15, 0.2) is 24.3 Å². The van der Waals surface area contributed by atoms with Gasteiger partial charge in [0.05, 0.1) is 13.2 Å². The van der Waals surface area contributed by atoms with Crippen molar-refractivity contribution in [3.8, 4) is 5.75 Å². The number of carbonyl (C=O) groups excluding carboxylic acids is 1. The molecule has 0 bridgehead atoms. The van der Waals surface area contributed by atoms with Crippen LogP contribution in [0, 0.1) is 11.8 Å². The summed E-state index contributed by atoms with van der Waals surface area (Å²) in [6, 6.07) is 7.35. The zero-order valence-corrected chi connectivity index (χ0v) is 21.2. The third-order valence-electron chi connectivity index (χ3n) is 6.18. The van der Waals surface area contributed by atoms with Gasteiger partial charge in [0.1, 0.15) is 12.4 Å². The van der Waals surface area contributed by atoms with Gasteiger partial charge in [0.25, 0.3) is 0 Å². The molecule has 1 aromatic rings. The van der Waals surface area contributed by atoms with Crippen LogP contribution in [0.1, 0.15) is 71.3 Å². The largest absolute Gasteiger partial charge is 0.492 e. The Bertz CT molecular complexity index is 714. The van der Waals surface area contributed by atoms with Crippen molar-refractivity contribution in [1.29, 1.82) is 0 Å². The maximum atomic E-state index is 12.6. The van der Waals surface area contributed by atoms with Gasteiger partial charge in [-0.05, 0) is 49.3 Å². The standard InChI is InChI=1S/C27H43NO6/c1-4-32-25(26(29)30)19-23-12-14-24(15-13-23)33-18-17-28(27(31)34-20-21(2)3)16-8-11-22-9-6-5-7-10-22/h12-15,21-22,25H,4-11,16-20H2,1-3H3,(H,29,30). The number of benzene rings is 1. The number of rotatable bonds is 15. The second-order valence-electron chi connectivity index (χ2n) is 9.58. The Kier molecular flexibility index (Phi) is 12.8. The molecule has 1 atom stereocenters. The number of carboxylic acid groups (broad SMARTS) is 1. The Morgan fingerprint density at radius 2 is 1.79 bits per heavy atom. The van der Waals surface area contributed by atoms with E-state index >= 15 is 0 Å². The average Bonchev–Trinajstić information content (AvgIpc) is 2.83. The molecule has 0 heterocycles. The van der Waals surface area contributed by atoms with E-state index in [1.165, 1.54) is 32.1 Å². The van der Waals surface area contributed by atoms with Crippen LogP contribution in [0.5, 0.6) is 5.75 Å². The zero-order chi connectivity index (χ0) is 24.8. The van der Waals surface area contributed by atoms with Crippen LogP contribution in [0.3, 0.4) is 0 Å². The Morgan fingerprint density at radius 3 is 2.41 bits per heavy atom. The molecule has 1 aliphatic carbocycles. The molecular weight excluding hydrogens is 434 g/mol. The summed E-state index contributed by atoms with van der Waals surface area (Å²) in [5, 5.41) is 9.25. The highest BCUT2D eigenvalue weighted by atomic mass is 16.6. The molecule has 7 nitrogen and oxygen atoms in total.